The minimum Gasteiger partial charge on any atom is -1.00 e. The summed E-state index contributed by atoms with van der Waals surface area (Å²) in [5.74, 6) is 8.08. The highest BCUT2D eigenvalue weighted by molar-refractivity contribution is 4.89. The molecule has 0 aromatic rings. The lowest BCUT2D eigenvalue weighted by Crippen LogP contribution is -3.25. The summed E-state index contributed by atoms with van der Waals surface area (Å²) >= 11 is 0. The third-order valence-corrected chi connectivity index (χ3v) is 10.4. The molecule has 3 fully saturated rings. The largest absolute Gasteiger partial charge is 1.00 e. The summed E-state index contributed by atoms with van der Waals surface area (Å²) in [6.45, 7) is 22.9. The predicted molar refractivity (Wildman–Crippen MR) is 136 cm³/mol. The number of halogens is 1. The SMILES string of the molecule is CC1CCC(C(C)C)C([NH+](C2CC(C)CCC2C(C)C)C2CC(C)CCC2C(C)C)C1.[Br-]. The molecule has 3 aliphatic carbocycles. The smallest absolute Gasteiger partial charge is 0.0912 e. The minimum atomic E-state index is 0. The summed E-state index contributed by atoms with van der Waals surface area (Å²) in [7, 11) is 0. The van der Waals surface area contributed by atoms with Crippen LogP contribution in [0.4, 0.5) is 0 Å². The standard InChI is InChI=1S/C30H57N.BrH/c1-19(2)25-13-10-22(7)16-28(25)31(29-17-23(8)11-14-26(29)20(3)4)30-18-24(9)12-15-27(30)21(5)6;/h19-30H,10-18H2,1-9H3;1H. The van der Waals surface area contributed by atoms with Gasteiger partial charge < -0.3 is 21.9 Å². The molecule has 3 aliphatic rings. The van der Waals surface area contributed by atoms with E-state index in [0.29, 0.717) is 0 Å². The van der Waals surface area contributed by atoms with Crippen molar-refractivity contribution in [1.82, 2.24) is 0 Å². The highest BCUT2D eigenvalue weighted by Gasteiger charge is 2.51. The van der Waals surface area contributed by atoms with Gasteiger partial charge in [-0.2, -0.15) is 0 Å². The van der Waals surface area contributed by atoms with Crippen molar-refractivity contribution in [3.8, 4) is 0 Å². The molecule has 0 heterocycles. The molecule has 1 nitrogen and oxygen atoms in total. The molecule has 0 aromatic heterocycles. The van der Waals surface area contributed by atoms with Crippen molar-refractivity contribution in [3.63, 3.8) is 0 Å². The van der Waals surface area contributed by atoms with E-state index in [4.69, 9.17) is 0 Å². The van der Waals surface area contributed by atoms with Crippen LogP contribution < -0.4 is 21.9 Å². The van der Waals surface area contributed by atoms with Gasteiger partial charge in [0, 0.05) is 37.0 Å². The molecule has 0 amide bonds. The Balaban J connectivity index is 0.00000363. The van der Waals surface area contributed by atoms with Gasteiger partial charge in [-0.25, -0.2) is 0 Å². The number of hydrogen-bond acceptors (Lipinski definition) is 0. The first-order chi connectivity index (χ1) is 14.6. The van der Waals surface area contributed by atoms with Gasteiger partial charge in [0.2, 0.25) is 0 Å². The molecule has 0 radical (unpaired) electrons. The molecule has 9 atom stereocenters. The quantitative estimate of drug-likeness (QED) is 0.543. The van der Waals surface area contributed by atoms with Gasteiger partial charge >= 0.3 is 0 Å². The molecule has 0 spiro atoms. The van der Waals surface area contributed by atoms with Crippen LogP contribution >= 0.6 is 0 Å². The van der Waals surface area contributed by atoms with Crippen molar-refractivity contribution in [2.24, 2.45) is 53.3 Å². The van der Waals surface area contributed by atoms with E-state index < -0.39 is 0 Å². The van der Waals surface area contributed by atoms with Gasteiger partial charge in [-0.3, -0.25) is 0 Å². The fraction of sp³-hybridized carbons (Fsp3) is 1.00. The van der Waals surface area contributed by atoms with E-state index in [9.17, 15) is 0 Å². The molecular formula is C30H58BrN. The van der Waals surface area contributed by atoms with E-state index in [0.717, 1.165) is 71.4 Å². The second-order valence-electron chi connectivity index (χ2n) is 13.8. The molecule has 0 aromatic carbocycles. The highest BCUT2D eigenvalue weighted by Crippen LogP contribution is 2.39. The van der Waals surface area contributed by atoms with Crippen molar-refractivity contribution in [2.75, 3.05) is 0 Å². The van der Waals surface area contributed by atoms with E-state index in [1.807, 2.05) is 0 Å². The van der Waals surface area contributed by atoms with Gasteiger partial charge in [0.15, 0.2) is 0 Å². The maximum absolute atomic E-state index is 2.56. The first-order valence-electron chi connectivity index (χ1n) is 14.5. The highest BCUT2D eigenvalue weighted by atomic mass is 79.9. The van der Waals surface area contributed by atoms with Gasteiger partial charge in [0.1, 0.15) is 0 Å². The van der Waals surface area contributed by atoms with Crippen LogP contribution in [0, 0.1) is 53.3 Å². The lowest BCUT2D eigenvalue weighted by molar-refractivity contribution is -0.989. The van der Waals surface area contributed by atoms with Gasteiger partial charge in [0.25, 0.3) is 0 Å². The summed E-state index contributed by atoms with van der Waals surface area (Å²) in [6.07, 6.45) is 13.3. The Hall–Kier alpha value is 0.440. The molecule has 32 heavy (non-hydrogen) atoms. The Morgan fingerprint density at radius 1 is 0.469 bits per heavy atom. The minimum absolute atomic E-state index is 0. The molecule has 0 aliphatic heterocycles. The molecule has 1 N–H and O–H groups in total. The van der Waals surface area contributed by atoms with Crippen molar-refractivity contribution in [2.45, 2.75) is 138 Å². The zero-order chi connectivity index (χ0) is 22.9. The normalized spacial score (nSPS) is 42.2. The monoisotopic (exact) mass is 511 g/mol. The number of nitrogens with one attached hydrogen (secondary N) is 1. The molecule has 190 valence electrons. The van der Waals surface area contributed by atoms with Crippen LogP contribution in [0.25, 0.3) is 0 Å². The van der Waals surface area contributed by atoms with Crippen LogP contribution in [0.2, 0.25) is 0 Å². The molecule has 2 heteroatoms. The Kier molecular flexibility index (Phi) is 11.1. The number of quaternary nitrogens is 1. The van der Waals surface area contributed by atoms with Crippen LogP contribution in [0.1, 0.15) is 120 Å². The van der Waals surface area contributed by atoms with Crippen molar-refractivity contribution >= 4 is 0 Å². The maximum Gasteiger partial charge on any atom is 0.0912 e. The van der Waals surface area contributed by atoms with E-state index in [1.54, 1.807) is 0 Å². The molecule has 0 bridgehead atoms. The molecule has 0 saturated heterocycles. The van der Waals surface area contributed by atoms with E-state index in [1.165, 1.54) is 57.8 Å². The average molecular weight is 513 g/mol. The first-order valence-corrected chi connectivity index (χ1v) is 14.5. The Labute approximate surface area is 213 Å². The predicted octanol–water partition coefficient (Wildman–Crippen LogP) is 4.26. The van der Waals surface area contributed by atoms with Crippen molar-refractivity contribution in [1.29, 1.82) is 0 Å². The number of rotatable bonds is 6. The molecule has 9 unspecified atom stereocenters. The van der Waals surface area contributed by atoms with Crippen LogP contribution in [0.15, 0.2) is 0 Å². The zero-order valence-corrected chi connectivity index (χ0v) is 24.8. The van der Waals surface area contributed by atoms with E-state index >= 15 is 0 Å². The molecular weight excluding hydrogens is 454 g/mol. The molecule has 3 saturated carbocycles. The maximum atomic E-state index is 2.56. The average Bonchev–Trinajstić information content (AvgIpc) is 2.67. The van der Waals surface area contributed by atoms with Gasteiger partial charge in [-0.05, 0) is 74.0 Å². The third kappa shape index (κ3) is 6.56. The van der Waals surface area contributed by atoms with Crippen LogP contribution in [0.5, 0.6) is 0 Å². The third-order valence-electron chi connectivity index (χ3n) is 10.4. The van der Waals surface area contributed by atoms with Crippen LogP contribution in [-0.4, -0.2) is 18.1 Å². The lowest BCUT2D eigenvalue weighted by Gasteiger charge is -2.54. The van der Waals surface area contributed by atoms with Crippen LogP contribution in [0.3, 0.4) is 0 Å². The zero-order valence-electron chi connectivity index (χ0n) is 23.2. The second-order valence-corrected chi connectivity index (χ2v) is 13.8. The lowest BCUT2D eigenvalue weighted by atomic mass is 9.66. The van der Waals surface area contributed by atoms with Gasteiger partial charge in [-0.15, -0.1) is 0 Å². The molecule has 3 rings (SSSR count). The Bertz CT molecular complexity index is 467. The first kappa shape index (κ1) is 28.7. The van der Waals surface area contributed by atoms with Crippen LogP contribution in [-0.2, 0) is 0 Å². The Morgan fingerprint density at radius 2 is 0.719 bits per heavy atom. The summed E-state index contributed by atoms with van der Waals surface area (Å²) in [6, 6.07) is 2.70. The second kappa shape index (κ2) is 12.4. The van der Waals surface area contributed by atoms with E-state index in [2.05, 4.69) is 67.2 Å². The fourth-order valence-electron chi connectivity index (χ4n) is 8.58. The number of hydrogen-bond donors (Lipinski definition) is 1. The van der Waals surface area contributed by atoms with Gasteiger partial charge in [0.05, 0.1) is 18.1 Å². The van der Waals surface area contributed by atoms with Gasteiger partial charge in [-0.1, -0.05) is 62.3 Å². The van der Waals surface area contributed by atoms with E-state index in [-0.39, 0.29) is 17.0 Å². The Morgan fingerprint density at radius 3 is 0.938 bits per heavy atom. The van der Waals surface area contributed by atoms with Crippen molar-refractivity contribution < 1.29 is 21.9 Å². The van der Waals surface area contributed by atoms with Crippen molar-refractivity contribution in [3.05, 3.63) is 0 Å². The fourth-order valence-corrected chi connectivity index (χ4v) is 8.58. The topological polar surface area (TPSA) is 4.44 Å². The summed E-state index contributed by atoms with van der Waals surface area (Å²) in [4.78, 5) is 2.14. The summed E-state index contributed by atoms with van der Waals surface area (Å²) in [5, 5.41) is 0. The summed E-state index contributed by atoms with van der Waals surface area (Å²) in [5.41, 5.74) is 0. The summed E-state index contributed by atoms with van der Waals surface area (Å²) < 4.78 is 0.